The first-order valence-corrected chi connectivity index (χ1v) is 12.5. The van der Waals surface area contributed by atoms with Gasteiger partial charge in [-0.15, -0.1) is 11.8 Å². The van der Waals surface area contributed by atoms with E-state index < -0.39 is 10.0 Å². The third kappa shape index (κ3) is 5.38. The lowest BCUT2D eigenvalue weighted by Crippen LogP contribution is -2.38. The standard InChI is InChI=1S/C22H30N2O2S2/c1-17-8-9-22(18(2)14-17)28(25,26)23-15-19-10-12-24(13-11-19)16-20-6-4-5-7-21(20)27-3/h4-9,14,19,23H,10-13,15-16H2,1-3H3. The van der Waals surface area contributed by atoms with Gasteiger partial charge in [0.1, 0.15) is 0 Å². The highest BCUT2D eigenvalue weighted by Gasteiger charge is 2.23. The lowest BCUT2D eigenvalue weighted by molar-refractivity contribution is 0.177. The van der Waals surface area contributed by atoms with Crippen LogP contribution in [0.1, 0.15) is 29.5 Å². The summed E-state index contributed by atoms with van der Waals surface area (Å²) in [4.78, 5) is 4.21. The molecule has 0 bridgehead atoms. The molecule has 1 heterocycles. The van der Waals surface area contributed by atoms with Gasteiger partial charge in [0.25, 0.3) is 0 Å². The molecule has 0 amide bonds. The molecule has 0 unspecified atom stereocenters. The Labute approximate surface area is 173 Å². The Morgan fingerprint density at radius 2 is 1.82 bits per heavy atom. The lowest BCUT2D eigenvalue weighted by atomic mass is 9.97. The quantitative estimate of drug-likeness (QED) is 0.684. The number of thioether (sulfide) groups is 1. The predicted molar refractivity (Wildman–Crippen MR) is 117 cm³/mol. The average molecular weight is 419 g/mol. The number of rotatable bonds is 7. The van der Waals surface area contributed by atoms with Crippen molar-refractivity contribution in [1.82, 2.24) is 9.62 Å². The van der Waals surface area contributed by atoms with E-state index in [-0.39, 0.29) is 0 Å². The predicted octanol–water partition coefficient (Wildman–Crippen LogP) is 4.22. The Kier molecular flexibility index (Phi) is 7.20. The number of piperidine rings is 1. The molecule has 1 fully saturated rings. The highest BCUT2D eigenvalue weighted by atomic mass is 32.2. The Hall–Kier alpha value is -1.34. The number of nitrogens with one attached hydrogen (secondary N) is 1. The molecule has 1 aliphatic rings. The second kappa shape index (κ2) is 9.44. The normalized spacial score (nSPS) is 16.4. The van der Waals surface area contributed by atoms with Gasteiger partial charge in [-0.3, -0.25) is 4.90 Å². The van der Waals surface area contributed by atoms with Gasteiger partial charge >= 0.3 is 0 Å². The molecule has 0 aromatic heterocycles. The molecule has 28 heavy (non-hydrogen) atoms. The summed E-state index contributed by atoms with van der Waals surface area (Å²) in [5, 5.41) is 0. The Morgan fingerprint density at radius 3 is 2.50 bits per heavy atom. The largest absolute Gasteiger partial charge is 0.299 e. The highest BCUT2D eigenvalue weighted by Crippen LogP contribution is 2.24. The molecule has 1 saturated heterocycles. The molecule has 1 aliphatic heterocycles. The van der Waals surface area contributed by atoms with Crippen LogP contribution in [0.2, 0.25) is 0 Å². The van der Waals surface area contributed by atoms with Crippen molar-refractivity contribution in [1.29, 1.82) is 0 Å². The first-order chi connectivity index (χ1) is 13.4. The maximum Gasteiger partial charge on any atom is 0.240 e. The molecule has 0 saturated carbocycles. The molecule has 6 heteroatoms. The molecule has 3 rings (SSSR count). The van der Waals surface area contributed by atoms with Gasteiger partial charge in [0.05, 0.1) is 4.90 Å². The van der Waals surface area contributed by atoms with Crippen LogP contribution < -0.4 is 4.72 Å². The minimum absolute atomic E-state index is 0.393. The number of benzene rings is 2. The lowest BCUT2D eigenvalue weighted by Gasteiger charge is -2.32. The van der Waals surface area contributed by atoms with Gasteiger partial charge in [0.15, 0.2) is 0 Å². The Bertz CT molecular complexity index is 905. The molecule has 0 radical (unpaired) electrons. The van der Waals surface area contributed by atoms with Gasteiger partial charge in [-0.25, -0.2) is 13.1 Å². The number of hydrogen-bond acceptors (Lipinski definition) is 4. The number of nitrogens with zero attached hydrogens (tertiary/aromatic N) is 1. The smallest absolute Gasteiger partial charge is 0.240 e. The van der Waals surface area contributed by atoms with Crippen LogP contribution in [0.15, 0.2) is 52.3 Å². The molecule has 0 spiro atoms. The number of hydrogen-bond donors (Lipinski definition) is 1. The summed E-state index contributed by atoms with van der Waals surface area (Å²) < 4.78 is 28.2. The maximum atomic E-state index is 12.7. The molecule has 152 valence electrons. The van der Waals surface area contributed by atoms with Crippen LogP contribution in [0, 0.1) is 19.8 Å². The van der Waals surface area contributed by atoms with Crippen LogP contribution >= 0.6 is 11.8 Å². The van der Waals surface area contributed by atoms with E-state index in [0.717, 1.165) is 43.6 Å². The van der Waals surface area contributed by atoms with E-state index in [1.54, 1.807) is 17.8 Å². The van der Waals surface area contributed by atoms with Crippen molar-refractivity contribution in [3.63, 3.8) is 0 Å². The summed E-state index contributed by atoms with van der Waals surface area (Å²) in [7, 11) is -3.44. The van der Waals surface area contributed by atoms with E-state index in [4.69, 9.17) is 0 Å². The van der Waals surface area contributed by atoms with Crippen LogP contribution in [0.25, 0.3) is 0 Å². The molecule has 2 aromatic rings. The van der Waals surface area contributed by atoms with Crippen LogP contribution in [0.3, 0.4) is 0 Å². The van der Waals surface area contributed by atoms with Gasteiger partial charge in [-0.05, 0) is 75.2 Å². The van der Waals surface area contributed by atoms with Crippen molar-refractivity contribution in [3.05, 3.63) is 59.2 Å². The summed E-state index contributed by atoms with van der Waals surface area (Å²) >= 11 is 1.79. The minimum Gasteiger partial charge on any atom is -0.299 e. The van der Waals surface area contributed by atoms with Crippen LogP contribution in [-0.2, 0) is 16.6 Å². The van der Waals surface area contributed by atoms with E-state index in [1.807, 2.05) is 26.0 Å². The zero-order chi connectivity index (χ0) is 20.1. The van der Waals surface area contributed by atoms with Crippen molar-refractivity contribution in [3.8, 4) is 0 Å². The fourth-order valence-corrected chi connectivity index (χ4v) is 5.78. The van der Waals surface area contributed by atoms with Crippen molar-refractivity contribution in [2.24, 2.45) is 5.92 Å². The van der Waals surface area contributed by atoms with Crippen LogP contribution in [-0.4, -0.2) is 39.2 Å². The summed E-state index contributed by atoms with van der Waals surface area (Å²) in [6.45, 7) is 7.34. The third-order valence-corrected chi connectivity index (χ3v) is 7.90. The van der Waals surface area contributed by atoms with E-state index in [1.165, 1.54) is 10.5 Å². The van der Waals surface area contributed by atoms with Crippen LogP contribution in [0.5, 0.6) is 0 Å². The molecular formula is C22H30N2O2S2. The van der Waals surface area contributed by atoms with E-state index in [9.17, 15) is 8.42 Å². The molecule has 0 aliphatic carbocycles. The zero-order valence-electron chi connectivity index (χ0n) is 16.9. The van der Waals surface area contributed by atoms with Gasteiger partial charge in [-0.1, -0.05) is 35.9 Å². The summed E-state index contributed by atoms with van der Waals surface area (Å²) in [6, 6.07) is 14.0. The van der Waals surface area contributed by atoms with Crippen molar-refractivity contribution < 1.29 is 8.42 Å². The number of likely N-dealkylation sites (tertiary alicyclic amines) is 1. The summed E-state index contributed by atoms with van der Waals surface area (Å²) in [5.74, 6) is 0.396. The first-order valence-electron chi connectivity index (χ1n) is 9.80. The number of sulfonamides is 1. The van der Waals surface area contributed by atoms with Crippen LogP contribution in [0.4, 0.5) is 0 Å². The Morgan fingerprint density at radius 1 is 1.11 bits per heavy atom. The van der Waals surface area contributed by atoms with Gasteiger partial charge < -0.3 is 0 Å². The van der Waals surface area contributed by atoms with E-state index in [0.29, 0.717) is 17.4 Å². The maximum absolute atomic E-state index is 12.7. The van der Waals surface area contributed by atoms with Gasteiger partial charge in [0, 0.05) is 18.0 Å². The van der Waals surface area contributed by atoms with E-state index in [2.05, 4.69) is 40.1 Å². The number of aryl methyl sites for hydroxylation is 2. The topological polar surface area (TPSA) is 49.4 Å². The summed E-state index contributed by atoms with van der Waals surface area (Å²) in [6.07, 6.45) is 4.17. The first kappa shape index (κ1) is 21.4. The molecular weight excluding hydrogens is 388 g/mol. The third-order valence-electron chi connectivity index (χ3n) is 5.48. The van der Waals surface area contributed by atoms with Crippen molar-refractivity contribution in [2.45, 2.75) is 43.0 Å². The average Bonchev–Trinajstić information content (AvgIpc) is 2.67. The van der Waals surface area contributed by atoms with Gasteiger partial charge in [-0.2, -0.15) is 0 Å². The van der Waals surface area contributed by atoms with Crippen molar-refractivity contribution >= 4 is 21.8 Å². The second-order valence-electron chi connectivity index (χ2n) is 7.65. The Balaban J connectivity index is 1.51. The van der Waals surface area contributed by atoms with Gasteiger partial charge in [0.2, 0.25) is 10.0 Å². The monoisotopic (exact) mass is 418 g/mol. The minimum atomic E-state index is -3.44. The SMILES string of the molecule is CSc1ccccc1CN1CCC(CNS(=O)(=O)c2ccc(C)cc2C)CC1. The molecule has 0 atom stereocenters. The molecule has 4 nitrogen and oxygen atoms in total. The van der Waals surface area contributed by atoms with E-state index >= 15 is 0 Å². The highest BCUT2D eigenvalue weighted by molar-refractivity contribution is 7.98. The molecule has 1 N–H and O–H groups in total. The fourth-order valence-electron chi connectivity index (χ4n) is 3.83. The second-order valence-corrected chi connectivity index (χ2v) is 10.2. The molecule has 2 aromatic carbocycles. The zero-order valence-corrected chi connectivity index (χ0v) is 18.6. The summed E-state index contributed by atoms with van der Waals surface area (Å²) in [5.41, 5.74) is 3.26. The van der Waals surface area contributed by atoms with Crippen molar-refractivity contribution in [2.75, 3.05) is 25.9 Å². The fraction of sp³-hybridized carbons (Fsp3) is 0.455.